The third-order valence-corrected chi connectivity index (χ3v) is 21.2. The van der Waals surface area contributed by atoms with Gasteiger partial charge < -0.3 is 9.64 Å². The Morgan fingerprint density at radius 3 is 1.04 bits per heavy atom. The van der Waals surface area contributed by atoms with Crippen molar-refractivity contribution in [3.05, 3.63) is 400 Å². The minimum atomic E-state index is -0.690. The van der Waals surface area contributed by atoms with Crippen LogP contribution < -0.4 is 9.64 Å². The van der Waals surface area contributed by atoms with Crippen LogP contribution in [-0.4, -0.2) is 0 Å². The van der Waals surface area contributed by atoms with Crippen LogP contribution in [0.3, 0.4) is 0 Å². The van der Waals surface area contributed by atoms with E-state index in [-0.39, 0.29) is 0 Å². The topological polar surface area (TPSA) is 12.5 Å². The van der Waals surface area contributed by atoms with Crippen molar-refractivity contribution in [2.24, 2.45) is 0 Å². The number of ether oxygens (including phenoxy) is 1. The highest BCUT2D eigenvalue weighted by Crippen LogP contribution is 2.67. The van der Waals surface area contributed by atoms with Crippen LogP contribution in [0.5, 0.6) is 11.5 Å². The molecule has 0 unspecified atom stereocenters. The van der Waals surface area contributed by atoms with E-state index in [4.69, 9.17) is 4.74 Å². The summed E-state index contributed by atoms with van der Waals surface area (Å²) >= 11 is 0. The third kappa shape index (κ3) is 6.55. The Morgan fingerprint density at radius 1 is 0.209 bits per heavy atom. The zero-order valence-corrected chi connectivity index (χ0v) is 49.6. The van der Waals surface area contributed by atoms with E-state index < -0.39 is 16.2 Å². The fourth-order valence-electron chi connectivity index (χ4n) is 17.6. The van der Waals surface area contributed by atoms with Crippen LogP contribution in [0, 0.1) is 0 Å². The zero-order chi connectivity index (χ0) is 59.6. The van der Waals surface area contributed by atoms with E-state index in [0.29, 0.717) is 0 Å². The minimum absolute atomic E-state index is 0.532. The summed E-state index contributed by atoms with van der Waals surface area (Å²) in [5, 5.41) is 4.52. The smallest absolute Gasteiger partial charge is 0.140 e. The summed E-state index contributed by atoms with van der Waals surface area (Å²) in [6, 6.07) is 126. The van der Waals surface area contributed by atoms with Crippen LogP contribution >= 0.6 is 0 Å². The Balaban J connectivity index is 0.834. The van der Waals surface area contributed by atoms with Crippen LogP contribution in [0.25, 0.3) is 77.2 Å². The highest BCUT2D eigenvalue weighted by atomic mass is 16.5. The molecule has 15 aromatic carbocycles. The van der Waals surface area contributed by atoms with Gasteiger partial charge in [-0.3, -0.25) is 0 Å². The SMILES string of the molecule is c1ccc(C2(c3ccccc3)c3ccccc3-c3ccc(N(c4cccc(-c5ccc6c(c5)C5(c7ccccc7-6)c6ccc7ccccc7c6Oc6c5ccc5ccccc65)c4)c4ccc5c(c4)C4(c6ccccc6-c6ccccc64)c4ccccc4-5)cc32)cc1. The maximum atomic E-state index is 7.38. The van der Waals surface area contributed by atoms with Crippen LogP contribution in [0.4, 0.5) is 17.1 Å². The van der Waals surface area contributed by atoms with E-state index in [1.165, 1.54) is 100 Å². The Bertz CT molecular complexity index is 5310. The van der Waals surface area contributed by atoms with E-state index in [9.17, 15) is 0 Å². The molecule has 0 saturated heterocycles. The molecule has 0 saturated carbocycles. The van der Waals surface area contributed by atoms with Gasteiger partial charge in [0.15, 0.2) is 0 Å². The van der Waals surface area contributed by atoms with Gasteiger partial charge in [-0.25, -0.2) is 0 Å². The predicted octanol–water partition coefficient (Wildman–Crippen LogP) is 22.3. The molecule has 2 spiro atoms. The van der Waals surface area contributed by atoms with Crippen molar-refractivity contribution in [3.8, 4) is 67.1 Å². The van der Waals surface area contributed by atoms with Gasteiger partial charge in [-0.05, 0) is 165 Å². The predicted molar refractivity (Wildman–Crippen MR) is 373 cm³/mol. The Morgan fingerprint density at radius 2 is 0.560 bits per heavy atom. The second kappa shape index (κ2) is 18.7. The Kier molecular flexibility index (Phi) is 10.4. The van der Waals surface area contributed by atoms with Crippen LogP contribution in [0.15, 0.2) is 334 Å². The first kappa shape index (κ1) is 50.4. The lowest BCUT2D eigenvalue weighted by atomic mass is 9.65. The first-order valence-corrected chi connectivity index (χ1v) is 31.8. The molecule has 0 N–H and O–H groups in total. The number of nitrogens with zero attached hydrogens (tertiary/aromatic N) is 1. The van der Waals surface area contributed by atoms with Gasteiger partial charge in [0.25, 0.3) is 0 Å². The van der Waals surface area contributed by atoms with E-state index in [0.717, 1.165) is 72.4 Å². The van der Waals surface area contributed by atoms with Crippen molar-refractivity contribution in [1.29, 1.82) is 0 Å². The second-order valence-electron chi connectivity index (χ2n) is 25.2. The maximum Gasteiger partial charge on any atom is 0.140 e. The Hall–Kier alpha value is -11.6. The fourth-order valence-corrected chi connectivity index (χ4v) is 17.6. The van der Waals surface area contributed by atoms with Crippen molar-refractivity contribution in [2.45, 2.75) is 16.2 Å². The first-order chi connectivity index (χ1) is 45.1. The molecule has 0 fully saturated rings. The van der Waals surface area contributed by atoms with E-state index in [1.807, 2.05) is 0 Å². The number of fused-ring (bicyclic) bond motifs is 26. The van der Waals surface area contributed by atoms with Crippen molar-refractivity contribution < 1.29 is 4.74 Å². The molecule has 4 aliphatic carbocycles. The van der Waals surface area contributed by atoms with Crippen molar-refractivity contribution in [3.63, 3.8) is 0 Å². The van der Waals surface area contributed by atoms with Gasteiger partial charge in [-0.15, -0.1) is 0 Å². The molecule has 0 bridgehead atoms. The summed E-state index contributed by atoms with van der Waals surface area (Å²) < 4.78 is 7.38. The monoisotopic (exact) mass is 1150 g/mol. The molecule has 20 rings (SSSR count). The van der Waals surface area contributed by atoms with Gasteiger partial charge in [0.05, 0.1) is 16.2 Å². The lowest BCUT2D eigenvalue weighted by molar-refractivity contribution is 0.447. The number of benzene rings is 15. The van der Waals surface area contributed by atoms with Crippen LogP contribution in [0.1, 0.15) is 66.8 Å². The maximum absolute atomic E-state index is 7.38. The molecule has 0 atom stereocenters. The average Bonchev–Trinajstić information content (AvgIpc) is 1.58. The van der Waals surface area contributed by atoms with Crippen molar-refractivity contribution in [2.75, 3.05) is 4.90 Å². The van der Waals surface area contributed by atoms with Gasteiger partial charge in [0, 0.05) is 39.0 Å². The molecule has 0 amide bonds. The number of rotatable bonds is 6. The van der Waals surface area contributed by atoms with Crippen LogP contribution in [-0.2, 0) is 16.2 Å². The molecule has 1 heterocycles. The zero-order valence-electron chi connectivity index (χ0n) is 49.6. The molecular weight excluding hydrogens is 1100 g/mol. The summed E-state index contributed by atoms with van der Waals surface area (Å²) in [7, 11) is 0. The largest absolute Gasteiger partial charge is 0.455 e. The standard InChI is InChI=1S/C89H55NO/c1-3-25-60(26-4-1)87(61-27-5-2-6-28-61)75-37-16-11-34-69(75)73-48-45-63(54-83(73)87)90(64-46-49-74-71-36-14-19-40-78(71)88(84(74)55-64)76-38-17-12-32-67(76)68-33-13-18-39-77(68)88)62-29-21-24-58(52-62)59-42-47-72-70-35-15-20-41-79(70)89(82(72)53-59)80-50-43-56-22-7-9-30-65(56)85(80)91-86-66-31-10-8-23-57(66)44-51-81(86)89/h1-55H. The Labute approximate surface area is 528 Å². The molecule has 5 aliphatic rings. The number of hydrogen-bond acceptors (Lipinski definition) is 2. The van der Waals surface area contributed by atoms with E-state index in [1.54, 1.807) is 0 Å². The highest BCUT2D eigenvalue weighted by molar-refractivity contribution is 6.02. The van der Waals surface area contributed by atoms with Gasteiger partial charge in [0.1, 0.15) is 11.5 Å². The van der Waals surface area contributed by atoms with E-state index in [2.05, 4.69) is 339 Å². The average molecular weight is 1150 g/mol. The van der Waals surface area contributed by atoms with E-state index >= 15 is 0 Å². The van der Waals surface area contributed by atoms with Crippen molar-refractivity contribution >= 4 is 38.6 Å². The van der Waals surface area contributed by atoms with Crippen molar-refractivity contribution in [1.82, 2.24) is 0 Å². The molecule has 0 radical (unpaired) electrons. The summed E-state index contributed by atoms with van der Waals surface area (Å²) in [5.41, 5.74) is 28.9. The number of hydrogen-bond donors (Lipinski definition) is 0. The minimum Gasteiger partial charge on any atom is -0.455 e. The van der Waals surface area contributed by atoms with Gasteiger partial charge in [-0.1, -0.05) is 291 Å². The lowest BCUT2D eigenvalue weighted by Crippen LogP contribution is -2.32. The molecule has 0 aromatic heterocycles. The first-order valence-electron chi connectivity index (χ1n) is 31.8. The second-order valence-corrected chi connectivity index (χ2v) is 25.2. The summed E-state index contributed by atoms with van der Waals surface area (Å²) in [5.74, 6) is 1.83. The van der Waals surface area contributed by atoms with Crippen LogP contribution in [0.2, 0.25) is 0 Å². The summed E-state index contributed by atoms with van der Waals surface area (Å²) in [4.78, 5) is 2.54. The highest BCUT2D eigenvalue weighted by Gasteiger charge is 2.54. The summed E-state index contributed by atoms with van der Waals surface area (Å²) in [6.07, 6.45) is 0. The number of anilines is 3. The molecular formula is C89H55NO. The molecule has 1 aliphatic heterocycles. The lowest BCUT2D eigenvalue weighted by Gasteiger charge is -2.40. The normalized spacial score (nSPS) is 14.5. The fraction of sp³-hybridized carbons (Fsp3) is 0.0337. The summed E-state index contributed by atoms with van der Waals surface area (Å²) in [6.45, 7) is 0. The molecule has 422 valence electrons. The molecule has 91 heavy (non-hydrogen) atoms. The van der Waals surface area contributed by atoms with Gasteiger partial charge in [-0.2, -0.15) is 0 Å². The molecule has 2 heteroatoms. The molecule has 2 nitrogen and oxygen atoms in total. The quantitative estimate of drug-likeness (QED) is 0.165. The third-order valence-electron chi connectivity index (χ3n) is 21.2. The molecule has 15 aromatic rings. The van der Waals surface area contributed by atoms with Gasteiger partial charge >= 0.3 is 0 Å². The van der Waals surface area contributed by atoms with Gasteiger partial charge in [0.2, 0.25) is 0 Å².